The molecule has 1 heterocycles. The number of rotatable bonds is 3. The fourth-order valence-electron chi connectivity index (χ4n) is 1.53. The van der Waals surface area contributed by atoms with Gasteiger partial charge in [-0.25, -0.2) is 0 Å². The molecule has 2 rings (SSSR count). The average molecular weight is 200 g/mol. The molecule has 0 aliphatic rings. The molecule has 15 heavy (non-hydrogen) atoms. The number of nitrogens with two attached hydrogens (primary N) is 1. The van der Waals surface area contributed by atoms with E-state index in [1.165, 1.54) is 0 Å². The van der Waals surface area contributed by atoms with Crippen LogP contribution in [-0.2, 0) is 11.2 Å². The number of benzene rings is 1. The molecule has 3 heteroatoms. The van der Waals surface area contributed by atoms with Gasteiger partial charge in [0.25, 0.3) is 0 Å². The Morgan fingerprint density at radius 2 is 1.93 bits per heavy atom. The molecular formula is C12H12N2O. The Bertz CT molecular complexity index is 460. The minimum Gasteiger partial charge on any atom is -0.369 e. The van der Waals surface area contributed by atoms with Gasteiger partial charge in [-0.05, 0) is 29.8 Å². The van der Waals surface area contributed by atoms with Crippen LogP contribution >= 0.6 is 0 Å². The molecule has 1 amide bonds. The van der Waals surface area contributed by atoms with Crippen LogP contribution in [0.2, 0.25) is 0 Å². The van der Waals surface area contributed by atoms with Crippen LogP contribution in [0.3, 0.4) is 0 Å². The molecule has 0 atom stereocenters. The molecule has 76 valence electrons. The van der Waals surface area contributed by atoms with Crippen molar-refractivity contribution in [1.82, 2.24) is 4.57 Å². The Hall–Kier alpha value is -2.03. The quantitative estimate of drug-likeness (QED) is 0.802. The molecule has 0 spiro atoms. The summed E-state index contributed by atoms with van der Waals surface area (Å²) in [5.41, 5.74) is 7.13. The second kappa shape index (κ2) is 4.00. The lowest BCUT2D eigenvalue weighted by Gasteiger charge is -2.04. The first-order valence-electron chi connectivity index (χ1n) is 4.76. The number of hydrogen-bond acceptors (Lipinski definition) is 1. The average Bonchev–Trinajstić information content (AvgIpc) is 2.69. The van der Waals surface area contributed by atoms with Crippen molar-refractivity contribution in [3.63, 3.8) is 0 Å². The van der Waals surface area contributed by atoms with Gasteiger partial charge in [-0.2, -0.15) is 0 Å². The summed E-state index contributed by atoms with van der Waals surface area (Å²) < 4.78 is 1.99. The van der Waals surface area contributed by atoms with E-state index in [-0.39, 0.29) is 12.3 Å². The number of hydrogen-bond donors (Lipinski definition) is 1. The summed E-state index contributed by atoms with van der Waals surface area (Å²) in [5, 5.41) is 0. The smallest absolute Gasteiger partial charge is 0.221 e. The van der Waals surface area contributed by atoms with Gasteiger partial charge in [0.15, 0.2) is 0 Å². The summed E-state index contributed by atoms with van der Waals surface area (Å²) in [6.07, 6.45) is 4.21. The van der Waals surface area contributed by atoms with E-state index in [0.29, 0.717) is 0 Å². The Morgan fingerprint density at radius 1 is 1.20 bits per heavy atom. The van der Waals surface area contributed by atoms with Crippen LogP contribution in [0, 0.1) is 0 Å². The van der Waals surface area contributed by atoms with Gasteiger partial charge in [0.05, 0.1) is 6.42 Å². The standard InChI is InChI=1S/C12H12N2O/c13-12(15)9-10-4-3-5-11(8-10)14-6-1-2-7-14/h1-8H,9H2,(H2,13,15). The molecule has 1 aromatic heterocycles. The van der Waals surface area contributed by atoms with Crippen molar-refractivity contribution in [2.75, 3.05) is 0 Å². The molecule has 0 fully saturated rings. The van der Waals surface area contributed by atoms with Crippen molar-refractivity contribution < 1.29 is 4.79 Å². The monoisotopic (exact) mass is 200 g/mol. The molecule has 0 unspecified atom stereocenters. The summed E-state index contributed by atoms with van der Waals surface area (Å²) in [6.45, 7) is 0. The first kappa shape index (κ1) is 9.52. The van der Waals surface area contributed by atoms with E-state index in [4.69, 9.17) is 5.73 Å². The van der Waals surface area contributed by atoms with Gasteiger partial charge in [-0.1, -0.05) is 12.1 Å². The van der Waals surface area contributed by atoms with E-state index in [0.717, 1.165) is 11.3 Å². The van der Waals surface area contributed by atoms with E-state index in [1.54, 1.807) is 0 Å². The maximum atomic E-state index is 10.8. The summed E-state index contributed by atoms with van der Waals surface area (Å²) >= 11 is 0. The molecule has 0 aliphatic carbocycles. The van der Waals surface area contributed by atoms with E-state index >= 15 is 0 Å². The Labute approximate surface area is 88.1 Å². The van der Waals surface area contributed by atoms with E-state index in [1.807, 2.05) is 53.4 Å². The highest BCUT2D eigenvalue weighted by Crippen LogP contribution is 2.11. The zero-order chi connectivity index (χ0) is 10.7. The van der Waals surface area contributed by atoms with Crippen LogP contribution < -0.4 is 5.73 Å². The topological polar surface area (TPSA) is 48.0 Å². The molecule has 0 aliphatic heterocycles. The van der Waals surface area contributed by atoms with Crippen LogP contribution in [0.5, 0.6) is 0 Å². The van der Waals surface area contributed by atoms with Crippen LogP contribution in [0.4, 0.5) is 0 Å². The van der Waals surface area contributed by atoms with Crippen molar-refractivity contribution >= 4 is 5.91 Å². The van der Waals surface area contributed by atoms with Crippen molar-refractivity contribution in [3.8, 4) is 5.69 Å². The number of carbonyl (C=O) groups is 1. The van der Waals surface area contributed by atoms with Gasteiger partial charge in [0, 0.05) is 18.1 Å². The lowest BCUT2D eigenvalue weighted by Crippen LogP contribution is -2.13. The third-order valence-electron chi connectivity index (χ3n) is 2.19. The Balaban J connectivity index is 2.31. The van der Waals surface area contributed by atoms with Gasteiger partial charge in [0.2, 0.25) is 5.91 Å². The molecule has 0 saturated heterocycles. The van der Waals surface area contributed by atoms with Gasteiger partial charge in [-0.3, -0.25) is 4.79 Å². The highest BCUT2D eigenvalue weighted by molar-refractivity contribution is 5.76. The van der Waals surface area contributed by atoms with Crippen molar-refractivity contribution in [2.24, 2.45) is 5.73 Å². The number of primary amides is 1. The van der Waals surface area contributed by atoms with E-state index in [2.05, 4.69) is 0 Å². The lowest BCUT2D eigenvalue weighted by atomic mass is 10.1. The van der Waals surface area contributed by atoms with Crippen LogP contribution in [0.15, 0.2) is 48.8 Å². The molecule has 2 aromatic rings. The maximum absolute atomic E-state index is 10.8. The fraction of sp³-hybridized carbons (Fsp3) is 0.0833. The van der Waals surface area contributed by atoms with Gasteiger partial charge >= 0.3 is 0 Å². The summed E-state index contributed by atoms with van der Waals surface area (Å²) in [4.78, 5) is 10.8. The van der Waals surface area contributed by atoms with Crippen LogP contribution in [0.1, 0.15) is 5.56 Å². The van der Waals surface area contributed by atoms with Crippen LogP contribution in [0.25, 0.3) is 5.69 Å². The third kappa shape index (κ3) is 2.26. The minimum absolute atomic E-state index is 0.287. The second-order valence-corrected chi connectivity index (χ2v) is 3.40. The Morgan fingerprint density at radius 3 is 2.60 bits per heavy atom. The summed E-state index contributed by atoms with van der Waals surface area (Å²) in [7, 11) is 0. The predicted molar refractivity (Wildman–Crippen MR) is 58.7 cm³/mol. The van der Waals surface area contributed by atoms with Crippen LogP contribution in [-0.4, -0.2) is 10.5 Å². The van der Waals surface area contributed by atoms with Gasteiger partial charge in [-0.15, -0.1) is 0 Å². The zero-order valence-corrected chi connectivity index (χ0v) is 8.26. The number of nitrogens with zero attached hydrogens (tertiary/aromatic N) is 1. The number of aromatic nitrogens is 1. The number of carbonyl (C=O) groups excluding carboxylic acids is 1. The van der Waals surface area contributed by atoms with Gasteiger partial charge < -0.3 is 10.3 Å². The third-order valence-corrected chi connectivity index (χ3v) is 2.19. The SMILES string of the molecule is NC(=O)Cc1cccc(-n2cccc2)c1. The molecule has 1 aromatic carbocycles. The first-order valence-corrected chi connectivity index (χ1v) is 4.76. The molecular weight excluding hydrogens is 188 g/mol. The lowest BCUT2D eigenvalue weighted by molar-refractivity contribution is -0.117. The largest absolute Gasteiger partial charge is 0.369 e. The molecule has 3 nitrogen and oxygen atoms in total. The second-order valence-electron chi connectivity index (χ2n) is 3.40. The Kier molecular flexibility index (Phi) is 2.54. The zero-order valence-electron chi connectivity index (χ0n) is 8.26. The highest BCUT2D eigenvalue weighted by atomic mass is 16.1. The minimum atomic E-state index is -0.306. The van der Waals surface area contributed by atoms with Gasteiger partial charge in [0.1, 0.15) is 0 Å². The van der Waals surface area contributed by atoms with Crippen molar-refractivity contribution in [3.05, 3.63) is 54.4 Å². The number of amides is 1. The fourth-order valence-corrected chi connectivity index (χ4v) is 1.53. The first-order chi connectivity index (χ1) is 7.25. The molecule has 0 bridgehead atoms. The highest BCUT2D eigenvalue weighted by Gasteiger charge is 2.00. The summed E-state index contributed by atoms with van der Waals surface area (Å²) in [5.74, 6) is -0.306. The molecule has 0 saturated carbocycles. The molecule has 2 N–H and O–H groups in total. The normalized spacial score (nSPS) is 10.1. The molecule has 0 radical (unpaired) electrons. The van der Waals surface area contributed by atoms with E-state index < -0.39 is 0 Å². The van der Waals surface area contributed by atoms with Crippen molar-refractivity contribution in [1.29, 1.82) is 0 Å². The van der Waals surface area contributed by atoms with E-state index in [9.17, 15) is 4.79 Å². The predicted octanol–water partition coefficient (Wildman–Crippen LogP) is 1.51. The summed E-state index contributed by atoms with van der Waals surface area (Å²) in [6, 6.07) is 11.7. The van der Waals surface area contributed by atoms with Crippen molar-refractivity contribution in [2.45, 2.75) is 6.42 Å². The maximum Gasteiger partial charge on any atom is 0.221 e.